The Morgan fingerprint density at radius 1 is 1.09 bits per heavy atom. The van der Waals surface area contributed by atoms with Crippen molar-refractivity contribution in [2.45, 2.75) is 31.9 Å². The summed E-state index contributed by atoms with van der Waals surface area (Å²) in [5.74, 6) is 1.93. The summed E-state index contributed by atoms with van der Waals surface area (Å²) in [7, 11) is 1.69. The van der Waals surface area contributed by atoms with Crippen molar-refractivity contribution >= 4 is 29.0 Å². The van der Waals surface area contributed by atoms with Crippen LogP contribution in [0, 0.1) is 5.92 Å². The van der Waals surface area contributed by atoms with E-state index in [1.807, 2.05) is 41.2 Å². The molecule has 1 saturated heterocycles. The smallest absolute Gasteiger partial charge is 0.251 e. The van der Waals surface area contributed by atoms with Crippen molar-refractivity contribution < 1.29 is 9.90 Å². The predicted molar refractivity (Wildman–Crippen MR) is 135 cm³/mol. The molecule has 6 rings (SSSR count). The van der Waals surface area contributed by atoms with Gasteiger partial charge in [-0.2, -0.15) is 5.10 Å². The zero-order valence-electron chi connectivity index (χ0n) is 19.4. The maximum absolute atomic E-state index is 10.6. The van der Waals surface area contributed by atoms with Crippen LogP contribution in [0.4, 0.5) is 11.8 Å². The van der Waals surface area contributed by atoms with E-state index in [2.05, 4.69) is 37.9 Å². The summed E-state index contributed by atoms with van der Waals surface area (Å²) in [5.41, 5.74) is 2.87. The van der Waals surface area contributed by atoms with E-state index in [4.69, 9.17) is 10.1 Å². The van der Waals surface area contributed by atoms with Gasteiger partial charge in [-0.05, 0) is 31.2 Å². The molecule has 4 heterocycles. The van der Waals surface area contributed by atoms with Crippen molar-refractivity contribution in [2.75, 3.05) is 18.9 Å². The summed E-state index contributed by atoms with van der Waals surface area (Å²) in [6.45, 7) is 1.68. The number of likely N-dealkylation sites (tertiary alicyclic amines) is 1. The van der Waals surface area contributed by atoms with Crippen molar-refractivity contribution in [3.05, 3.63) is 60.2 Å². The highest BCUT2D eigenvalue weighted by atomic mass is 32.1. The molecule has 9 nitrogen and oxygen atoms in total. The van der Waals surface area contributed by atoms with E-state index in [0.717, 1.165) is 40.2 Å². The second kappa shape index (κ2) is 10.3. The number of anilines is 2. The van der Waals surface area contributed by atoms with E-state index >= 15 is 0 Å². The van der Waals surface area contributed by atoms with E-state index in [9.17, 15) is 4.79 Å². The van der Waals surface area contributed by atoms with Crippen molar-refractivity contribution in [2.24, 2.45) is 5.92 Å². The standard InChI is InChI=1S/C20H18N6S.C5H9NO2/c1-2-4-15(5-3-1)17-13-27-19(22-17)16-8-10-21-20(23-16)24-18-9-11-26(25-18)12-14-6-7-14;1-6-3-2-4(7)5(6)8/h1-5,8-11,13-14H,6-7,12H2,(H,21,23,24,25);4,7H,2-3H2,1H3. The molecule has 35 heavy (non-hydrogen) atoms. The van der Waals surface area contributed by atoms with Gasteiger partial charge < -0.3 is 15.3 Å². The van der Waals surface area contributed by atoms with Gasteiger partial charge in [-0.15, -0.1) is 11.3 Å². The summed E-state index contributed by atoms with van der Waals surface area (Å²) >= 11 is 1.58. The number of aliphatic hydroxyl groups is 1. The normalized spacial score (nSPS) is 17.3. The van der Waals surface area contributed by atoms with Crippen molar-refractivity contribution in [1.82, 2.24) is 29.6 Å². The van der Waals surface area contributed by atoms with Crippen molar-refractivity contribution in [3.63, 3.8) is 0 Å². The number of thiazole rings is 1. The molecule has 0 radical (unpaired) electrons. The van der Waals surface area contributed by atoms with Gasteiger partial charge in [0.25, 0.3) is 5.91 Å². The number of likely N-dealkylation sites (N-methyl/N-ethyl adjacent to an activating group) is 1. The Morgan fingerprint density at radius 2 is 1.91 bits per heavy atom. The maximum Gasteiger partial charge on any atom is 0.251 e. The molecular formula is C25H27N7O2S. The number of rotatable bonds is 6. The highest BCUT2D eigenvalue weighted by molar-refractivity contribution is 7.13. The average Bonchev–Trinajstić information content (AvgIpc) is 3.24. The van der Waals surface area contributed by atoms with Gasteiger partial charge in [0.1, 0.15) is 16.8 Å². The van der Waals surface area contributed by atoms with Gasteiger partial charge in [-0.3, -0.25) is 9.48 Å². The van der Waals surface area contributed by atoms with E-state index in [-0.39, 0.29) is 5.91 Å². The van der Waals surface area contributed by atoms with E-state index in [0.29, 0.717) is 18.9 Å². The number of hydrogen-bond acceptors (Lipinski definition) is 8. The molecule has 2 fully saturated rings. The summed E-state index contributed by atoms with van der Waals surface area (Å²) in [6, 6.07) is 14.0. The fourth-order valence-corrected chi connectivity index (χ4v) is 4.48. The number of aliphatic hydroxyl groups excluding tert-OH is 1. The highest BCUT2D eigenvalue weighted by Gasteiger charge is 2.26. The zero-order valence-corrected chi connectivity index (χ0v) is 20.2. The zero-order chi connectivity index (χ0) is 24.2. The molecule has 0 spiro atoms. The molecule has 2 N–H and O–H groups in total. The molecule has 1 unspecified atom stereocenters. The Hall–Kier alpha value is -3.63. The van der Waals surface area contributed by atoms with Gasteiger partial charge in [0, 0.05) is 49.5 Å². The summed E-state index contributed by atoms with van der Waals surface area (Å²) in [5, 5.41) is 19.4. The van der Waals surface area contributed by atoms with Crippen molar-refractivity contribution in [1.29, 1.82) is 0 Å². The maximum atomic E-state index is 10.6. The van der Waals surface area contributed by atoms with Gasteiger partial charge >= 0.3 is 0 Å². The molecule has 1 aliphatic heterocycles. The monoisotopic (exact) mass is 489 g/mol. The molecule has 1 atom stereocenters. The molecule has 1 saturated carbocycles. The van der Waals surface area contributed by atoms with Crippen LogP contribution in [0.5, 0.6) is 0 Å². The summed E-state index contributed by atoms with van der Waals surface area (Å²) in [6.07, 6.45) is 6.24. The summed E-state index contributed by atoms with van der Waals surface area (Å²) in [4.78, 5) is 25.8. The van der Waals surface area contributed by atoms with Crippen LogP contribution < -0.4 is 5.32 Å². The van der Waals surface area contributed by atoms with Gasteiger partial charge in [-0.25, -0.2) is 15.0 Å². The lowest BCUT2D eigenvalue weighted by Crippen LogP contribution is -2.24. The number of amides is 1. The third-order valence-corrected chi connectivity index (χ3v) is 6.74. The molecule has 4 aromatic rings. The van der Waals surface area contributed by atoms with Crippen LogP contribution in [-0.2, 0) is 11.3 Å². The molecular weight excluding hydrogens is 462 g/mol. The van der Waals surface area contributed by atoms with Crippen LogP contribution in [0.2, 0.25) is 0 Å². The Balaban J connectivity index is 0.000000271. The molecule has 10 heteroatoms. The van der Waals surface area contributed by atoms with Crippen LogP contribution in [0.3, 0.4) is 0 Å². The molecule has 1 aliphatic carbocycles. The van der Waals surface area contributed by atoms with Gasteiger partial charge in [0.15, 0.2) is 5.82 Å². The second-order valence-electron chi connectivity index (χ2n) is 8.73. The molecule has 3 aromatic heterocycles. The lowest BCUT2D eigenvalue weighted by atomic mass is 10.2. The number of nitrogens with zero attached hydrogens (tertiary/aromatic N) is 6. The van der Waals surface area contributed by atoms with Crippen LogP contribution in [0.25, 0.3) is 22.0 Å². The first-order chi connectivity index (χ1) is 17.0. The Bertz CT molecular complexity index is 1270. The topological polar surface area (TPSA) is 109 Å². The first kappa shape index (κ1) is 23.1. The minimum atomic E-state index is -0.722. The minimum absolute atomic E-state index is 0.148. The largest absolute Gasteiger partial charge is 0.383 e. The second-order valence-corrected chi connectivity index (χ2v) is 9.58. The third kappa shape index (κ3) is 5.90. The average molecular weight is 490 g/mol. The number of benzene rings is 1. The fourth-order valence-electron chi connectivity index (χ4n) is 3.68. The Morgan fingerprint density at radius 3 is 2.60 bits per heavy atom. The molecule has 2 aliphatic rings. The van der Waals surface area contributed by atoms with E-state index in [1.54, 1.807) is 24.6 Å². The minimum Gasteiger partial charge on any atom is -0.383 e. The van der Waals surface area contributed by atoms with E-state index < -0.39 is 6.10 Å². The number of hydrogen-bond donors (Lipinski definition) is 2. The van der Waals surface area contributed by atoms with Crippen LogP contribution in [0.1, 0.15) is 19.3 Å². The molecule has 1 aromatic carbocycles. The lowest BCUT2D eigenvalue weighted by molar-refractivity contribution is -0.133. The Labute approximate surface area is 207 Å². The summed E-state index contributed by atoms with van der Waals surface area (Å²) < 4.78 is 1.98. The molecule has 180 valence electrons. The van der Waals surface area contributed by atoms with E-state index in [1.165, 1.54) is 17.7 Å². The first-order valence-electron chi connectivity index (χ1n) is 11.6. The van der Waals surface area contributed by atoms with Gasteiger partial charge in [-0.1, -0.05) is 30.3 Å². The predicted octanol–water partition coefficient (Wildman–Crippen LogP) is 3.83. The molecule has 1 amide bonds. The third-order valence-electron chi connectivity index (χ3n) is 5.87. The number of carbonyl (C=O) groups excluding carboxylic acids is 1. The Kier molecular flexibility index (Phi) is 6.82. The SMILES string of the molecule is CN1CCC(O)C1=O.c1ccc(-c2csc(-c3ccnc(Nc4ccn(CC5CC5)n4)n3)n2)cc1. The van der Waals surface area contributed by atoms with Crippen LogP contribution in [0.15, 0.2) is 60.2 Å². The lowest BCUT2D eigenvalue weighted by Gasteiger charge is -2.04. The molecule has 0 bridgehead atoms. The van der Waals surface area contributed by atoms with Crippen LogP contribution in [-0.4, -0.2) is 60.3 Å². The number of aromatic nitrogens is 5. The van der Waals surface area contributed by atoms with Gasteiger partial charge in [0.05, 0.1) is 5.69 Å². The first-order valence-corrected chi connectivity index (χ1v) is 12.5. The van der Waals surface area contributed by atoms with Crippen molar-refractivity contribution in [3.8, 4) is 22.0 Å². The fraction of sp³-hybridized carbons (Fsp3) is 0.320. The number of carbonyl (C=O) groups is 1. The van der Waals surface area contributed by atoms with Gasteiger partial charge in [0.2, 0.25) is 5.95 Å². The highest BCUT2D eigenvalue weighted by Crippen LogP contribution is 2.31. The quantitative estimate of drug-likeness (QED) is 0.424. The number of nitrogens with one attached hydrogen (secondary N) is 1. The van der Waals surface area contributed by atoms with Crippen LogP contribution >= 0.6 is 11.3 Å².